The van der Waals surface area contributed by atoms with Gasteiger partial charge in [-0.25, -0.2) is 5.43 Å². The fraction of sp³-hybridized carbons (Fsp3) is 0.0667. The highest BCUT2D eigenvalue weighted by Gasteiger charge is 2.05. The summed E-state index contributed by atoms with van der Waals surface area (Å²) in [6, 6.07) is 13.0. The van der Waals surface area contributed by atoms with Crippen molar-refractivity contribution in [2.24, 2.45) is 5.10 Å². The molecule has 0 bridgehead atoms. The first-order chi connectivity index (χ1) is 10.5. The Labute approximate surface area is 153 Å². The average molecular weight is 491 g/mol. The molecule has 2 rings (SSSR count). The van der Waals surface area contributed by atoms with Crippen molar-refractivity contribution in [3.05, 3.63) is 61.4 Å². The van der Waals surface area contributed by atoms with Gasteiger partial charge in [-0.3, -0.25) is 4.79 Å². The normalized spacial score (nSPS) is 10.7. The quantitative estimate of drug-likeness (QED) is 0.495. The van der Waals surface area contributed by atoms with Crippen molar-refractivity contribution >= 4 is 59.9 Å². The van der Waals surface area contributed by atoms with Gasteiger partial charge >= 0.3 is 0 Å². The summed E-state index contributed by atoms with van der Waals surface area (Å²) in [5, 5.41) is 3.88. The topological polar surface area (TPSA) is 50.7 Å². The monoisotopic (exact) mass is 488 g/mol. The van der Waals surface area contributed by atoms with Crippen molar-refractivity contribution in [3.8, 4) is 5.75 Å². The maximum absolute atomic E-state index is 11.7. The van der Waals surface area contributed by atoms with Crippen LogP contribution in [0.1, 0.15) is 5.56 Å². The molecule has 22 heavy (non-hydrogen) atoms. The number of benzene rings is 2. The van der Waals surface area contributed by atoms with E-state index in [1.54, 1.807) is 12.3 Å². The highest BCUT2D eigenvalue weighted by molar-refractivity contribution is 9.11. The molecule has 2 aromatic rings. The minimum atomic E-state index is -0.330. The van der Waals surface area contributed by atoms with E-state index in [2.05, 4.69) is 58.3 Å². The van der Waals surface area contributed by atoms with E-state index < -0.39 is 0 Å². The van der Waals surface area contributed by atoms with Crippen LogP contribution in [-0.2, 0) is 4.79 Å². The first-order valence-electron chi connectivity index (χ1n) is 6.20. The van der Waals surface area contributed by atoms with Crippen LogP contribution in [0.2, 0.25) is 0 Å². The summed E-state index contributed by atoms with van der Waals surface area (Å²) in [5.74, 6) is 0.262. The Morgan fingerprint density at radius 3 is 2.45 bits per heavy atom. The average Bonchev–Trinajstić information content (AvgIpc) is 2.48. The van der Waals surface area contributed by atoms with E-state index in [9.17, 15) is 4.79 Å². The van der Waals surface area contributed by atoms with Crippen molar-refractivity contribution in [1.82, 2.24) is 5.43 Å². The van der Waals surface area contributed by atoms with Crippen molar-refractivity contribution in [1.29, 1.82) is 0 Å². The molecule has 0 aliphatic heterocycles. The number of hydrogen-bond donors (Lipinski definition) is 1. The van der Waals surface area contributed by atoms with Crippen LogP contribution in [0.5, 0.6) is 5.75 Å². The third-order valence-electron chi connectivity index (χ3n) is 2.53. The second-order valence-electron chi connectivity index (χ2n) is 4.21. The van der Waals surface area contributed by atoms with Gasteiger partial charge in [0.2, 0.25) is 0 Å². The zero-order valence-corrected chi connectivity index (χ0v) is 16.0. The van der Waals surface area contributed by atoms with Gasteiger partial charge < -0.3 is 4.74 Å². The Morgan fingerprint density at radius 1 is 1.09 bits per heavy atom. The molecule has 7 heteroatoms. The van der Waals surface area contributed by atoms with Crippen molar-refractivity contribution < 1.29 is 9.53 Å². The van der Waals surface area contributed by atoms with Crippen LogP contribution in [0, 0.1) is 0 Å². The molecular weight excluding hydrogens is 480 g/mol. The molecule has 0 unspecified atom stereocenters. The number of nitrogens with one attached hydrogen (secondary N) is 1. The molecular formula is C15H11Br3N2O2. The van der Waals surface area contributed by atoms with E-state index >= 15 is 0 Å². The zero-order chi connectivity index (χ0) is 15.9. The number of amides is 1. The number of carbonyl (C=O) groups excluding carboxylic acids is 1. The molecule has 0 aliphatic rings. The van der Waals surface area contributed by atoms with Crippen LogP contribution in [-0.4, -0.2) is 18.7 Å². The number of halogens is 3. The molecule has 0 heterocycles. The van der Waals surface area contributed by atoms with Gasteiger partial charge in [-0.15, -0.1) is 0 Å². The molecule has 2 aromatic carbocycles. The molecule has 114 valence electrons. The predicted molar refractivity (Wildman–Crippen MR) is 97.2 cm³/mol. The van der Waals surface area contributed by atoms with E-state index in [0.717, 1.165) is 19.0 Å². The van der Waals surface area contributed by atoms with Crippen molar-refractivity contribution in [3.63, 3.8) is 0 Å². The first-order valence-corrected chi connectivity index (χ1v) is 8.58. The Morgan fingerprint density at radius 2 is 1.77 bits per heavy atom. The van der Waals surface area contributed by atoms with E-state index in [0.29, 0.717) is 5.75 Å². The maximum atomic E-state index is 11.7. The van der Waals surface area contributed by atoms with Crippen LogP contribution >= 0.6 is 47.8 Å². The summed E-state index contributed by atoms with van der Waals surface area (Å²) in [7, 11) is 0. The number of carbonyl (C=O) groups is 1. The van der Waals surface area contributed by atoms with Gasteiger partial charge in [-0.1, -0.05) is 44.0 Å². The Hall–Kier alpha value is -1.18. The van der Waals surface area contributed by atoms with Crippen LogP contribution in [0.4, 0.5) is 0 Å². The molecule has 1 N–H and O–H groups in total. The van der Waals surface area contributed by atoms with Gasteiger partial charge in [0.1, 0.15) is 5.75 Å². The molecule has 0 aliphatic carbocycles. The lowest BCUT2D eigenvalue weighted by Gasteiger charge is -2.07. The fourth-order valence-electron chi connectivity index (χ4n) is 1.50. The standard InChI is InChI=1S/C15H11Br3N2O2/c16-11-3-1-10(2-4-11)8-19-20-15(21)9-22-14-6-5-12(17)7-13(14)18/h1-8H,9H2,(H,20,21)/b19-8+. The highest BCUT2D eigenvalue weighted by Crippen LogP contribution is 2.28. The number of nitrogens with zero attached hydrogens (tertiary/aromatic N) is 1. The summed E-state index contributed by atoms with van der Waals surface area (Å²) >= 11 is 10.1. The number of ether oxygens (including phenoxy) is 1. The molecule has 0 atom stereocenters. The summed E-state index contributed by atoms with van der Waals surface area (Å²) in [4.78, 5) is 11.7. The summed E-state index contributed by atoms with van der Waals surface area (Å²) < 4.78 is 8.10. The smallest absolute Gasteiger partial charge is 0.277 e. The van der Waals surface area contributed by atoms with Crippen molar-refractivity contribution in [2.75, 3.05) is 6.61 Å². The molecule has 0 aromatic heterocycles. The third kappa shape index (κ3) is 5.55. The lowest BCUT2D eigenvalue weighted by Crippen LogP contribution is -2.24. The number of rotatable bonds is 5. The van der Waals surface area contributed by atoms with Crippen LogP contribution in [0.15, 0.2) is 61.0 Å². The van der Waals surface area contributed by atoms with Crippen LogP contribution in [0.25, 0.3) is 0 Å². The van der Waals surface area contributed by atoms with Crippen LogP contribution in [0.3, 0.4) is 0 Å². The largest absolute Gasteiger partial charge is 0.483 e. The predicted octanol–water partition coefficient (Wildman–Crippen LogP) is 4.50. The minimum absolute atomic E-state index is 0.113. The van der Waals surface area contributed by atoms with Gasteiger partial charge in [0.15, 0.2) is 6.61 Å². The van der Waals surface area contributed by atoms with E-state index in [4.69, 9.17) is 4.74 Å². The molecule has 0 saturated heterocycles. The number of hydrazone groups is 1. The zero-order valence-electron chi connectivity index (χ0n) is 11.2. The highest BCUT2D eigenvalue weighted by atomic mass is 79.9. The fourth-order valence-corrected chi connectivity index (χ4v) is 2.92. The molecule has 4 nitrogen and oxygen atoms in total. The van der Waals surface area contributed by atoms with E-state index in [-0.39, 0.29) is 12.5 Å². The lowest BCUT2D eigenvalue weighted by atomic mass is 10.2. The second-order valence-corrected chi connectivity index (χ2v) is 6.89. The van der Waals surface area contributed by atoms with E-state index in [1.807, 2.05) is 36.4 Å². The number of hydrogen-bond acceptors (Lipinski definition) is 3. The molecule has 0 spiro atoms. The van der Waals surface area contributed by atoms with Gasteiger partial charge in [-0.05, 0) is 51.8 Å². The summed E-state index contributed by atoms with van der Waals surface area (Å²) in [6.07, 6.45) is 1.57. The van der Waals surface area contributed by atoms with Gasteiger partial charge in [-0.2, -0.15) is 5.10 Å². The lowest BCUT2D eigenvalue weighted by molar-refractivity contribution is -0.123. The second kappa shape index (κ2) is 8.45. The van der Waals surface area contributed by atoms with E-state index in [1.165, 1.54) is 0 Å². The molecule has 0 radical (unpaired) electrons. The molecule has 0 fully saturated rings. The van der Waals surface area contributed by atoms with Crippen LogP contribution < -0.4 is 10.2 Å². The van der Waals surface area contributed by atoms with Gasteiger partial charge in [0, 0.05) is 8.95 Å². The van der Waals surface area contributed by atoms with Gasteiger partial charge in [0.25, 0.3) is 5.91 Å². The Bertz CT molecular complexity index is 688. The molecule has 1 amide bonds. The maximum Gasteiger partial charge on any atom is 0.277 e. The third-order valence-corrected chi connectivity index (χ3v) is 4.17. The summed E-state index contributed by atoms with van der Waals surface area (Å²) in [5.41, 5.74) is 3.31. The Balaban J connectivity index is 1.81. The summed E-state index contributed by atoms with van der Waals surface area (Å²) in [6.45, 7) is -0.113. The SMILES string of the molecule is O=C(COc1ccc(Br)cc1Br)N/N=C/c1ccc(Br)cc1. The molecule has 0 saturated carbocycles. The Kier molecular flexibility index (Phi) is 6.60. The van der Waals surface area contributed by atoms with Gasteiger partial charge in [0.05, 0.1) is 10.7 Å². The van der Waals surface area contributed by atoms with Crippen molar-refractivity contribution in [2.45, 2.75) is 0 Å². The minimum Gasteiger partial charge on any atom is -0.483 e. The first kappa shape index (κ1) is 17.2.